The maximum atomic E-state index is 11.2. The maximum absolute atomic E-state index is 11.2. The van der Waals surface area contributed by atoms with Crippen LogP contribution >= 0.6 is 0 Å². The Balaban J connectivity index is 2.42. The second kappa shape index (κ2) is 5.35. The summed E-state index contributed by atoms with van der Waals surface area (Å²) in [6.07, 6.45) is 2.10. The van der Waals surface area contributed by atoms with Gasteiger partial charge in [-0.05, 0) is 19.3 Å². The lowest BCUT2D eigenvalue weighted by atomic mass is 10.1. The van der Waals surface area contributed by atoms with Crippen LogP contribution in [0.4, 0.5) is 17.5 Å². The summed E-state index contributed by atoms with van der Waals surface area (Å²) in [4.78, 5) is 20.8. The predicted molar refractivity (Wildman–Crippen MR) is 71.8 cm³/mol. The lowest BCUT2D eigenvalue weighted by Crippen LogP contribution is -2.24. The van der Waals surface area contributed by atoms with E-state index in [4.69, 9.17) is 5.84 Å². The smallest absolute Gasteiger partial charge is 0.332 e. The quantitative estimate of drug-likeness (QED) is 0.478. The molecule has 1 aliphatic rings. The first-order chi connectivity index (χ1) is 9.06. The van der Waals surface area contributed by atoms with E-state index in [1.165, 1.54) is 0 Å². The first-order valence-corrected chi connectivity index (χ1v) is 6.31. The fourth-order valence-corrected chi connectivity index (χ4v) is 2.41. The van der Waals surface area contributed by atoms with Gasteiger partial charge in [0.1, 0.15) is 5.69 Å². The van der Waals surface area contributed by atoms with Gasteiger partial charge in [-0.3, -0.25) is 15.5 Å². The molecule has 1 unspecified atom stereocenters. The van der Waals surface area contributed by atoms with Crippen molar-refractivity contribution in [3.05, 3.63) is 15.8 Å². The summed E-state index contributed by atoms with van der Waals surface area (Å²) in [5.74, 6) is 6.43. The van der Waals surface area contributed by atoms with E-state index in [1.54, 1.807) is 6.92 Å². The molecule has 1 aliphatic heterocycles. The molecular weight excluding hydrogens is 248 g/mol. The van der Waals surface area contributed by atoms with Crippen LogP contribution in [0.2, 0.25) is 0 Å². The van der Waals surface area contributed by atoms with Crippen molar-refractivity contribution in [2.45, 2.75) is 26.7 Å². The first-order valence-electron chi connectivity index (χ1n) is 6.31. The van der Waals surface area contributed by atoms with Crippen LogP contribution < -0.4 is 16.2 Å². The van der Waals surface area contributed by atoms with Gasteiger partial charge in [0.2, 0.25) is 11.8 Å². The molecule has 0 aromatic carbocycles. The van der Waals surface area contributed by atoms with Gasteiger partial charge in [-0.2, -0.15) is 4.98 Å². The van der Waals surface area contributed by atoms with Gasteiger partial charge in [0, 0.05) is 13.1 Å². The van der Waals surface area contributed by atoms with Crippen LogP contribution in [0.1, 0.15) is 25.5 Å². The normalized spacial score (nSPS) is 18.7. The Morgan fingerprint density at radius 1 is 1.58 bits per heavy atom. The number of nitro groups is 1. The lowest BCUT2D eigenvalue weighted by Gasteiger charge is -2.18. The Hall–Kier alpha value is -1.96. The average Bonchev–Trinajstić information content (AvgIpc) is 2.85. The van der Waals surface area contributed by atoms with Crippen molar-refractivity contribution in [2.24, 2.45) is 11.8 Å². The number of hydrogen-bond donors (Lipinski definition) is 2. The molecule has 0 saturated carbocycles. The number of nitrogens with two attached hydrogens (primary N) is 1. The standard InChI is InChI=1S/C11H18N6O2/c1-3-8-4-5-16(6-8)10-9(17(18)19)7(2)13-11(14-10)15-12/h8H,3-6,12H2,1-2H3,(H,13,14,15). The summed E-state index contributed by atoms with van der Waals surface area (Å²) in [6.45, 7) is 5.29. The highest BCUT2D eigenvalue weighted by atomic mass is 16.6. The van der Waals surface area contributed by atoms with Crippen LogP contribution in [-0.4, -0.2) is 28.0 Å². The van der Waals surface area contributed by atoms with E-state index in [-0.39, 0.29) is 11.6 Å². The van der Waals surface area contributed by atoms with Crippen LogP contribution in [0.5, 0.6) is 0 Å². The summed E-state index contributed by atoms with van der Waals surface area (Å²) < 4.78 is 0. The van der Waals surface area contributed by atoms with Crippen LogP contribution in [0.3, 0.4) is 0 Å². The highest BCUT2D eigenvalue weighted by Crippen LogP contribution is 2.33. The molecule has 0 amide bonds. The van der Waals surface area contributed by atoms with Crippen molar-refractivity contribution in [1.82, 2.24) is 9.97 Å². The minimum Gasteiger partial charge on any atom is -0.350 e. The first kappa shape index (κ1) is 13.5. The van der Waals surface area contributed by atoms with E-state index in [1.807, 2.05) is 4.90 Å². The molecule has 2 heterocycles. The highest BCUT2D eigenvalue weighted by molar-refractivity contribution is 5.62. The lowest BCUT2D eigenvalue weighted by molar-refractivity contribution is -0.385. The predicted octanol–water partition coefficient (Wildman–Crippen LogP) is 1.22. The largest absolute Gasteiger partial charge is 0.350 e. The van der Waals surface area contributed by atoms with Gasteiger partial charge in [0.05, 0.1) is 4.92 Å². The van der Waals surface area contributed by atoms with Crippen molar-refractivity contribution in [2.75, 3.05) is 23.4 Å². The van der Waals surface area contributed by atoms with E-state index in [2.05, 4.69) is 22.3 Å². The van der Waals surface area contributed by atoms with Gasteiger partial charge in [-0.15, -0.1) is 0 Å². The Bertz CT molecular complexity index is 492. The van der Waals surface area contributed by atoms with Crippen LogP contribution in [0.15, 0.2) is 0 Å². The number of nitrogen functional groups attached to an aromatic ring is 1. The fraction of sp³-hybridized carbons (Fsp3) is 0.636. The van der Waals surface area contributed by atoms with Crippen LogP contribution in [-0.2, 0) is 0 Å². The molecule has 8 nitrogen and oxygen atoms in total. The SMILES string of the molecule is CCC1CCN(c2nc(NN)nc(C)c2[N+](=O)[O-])C1. The number of nitrogens with zero attached hydrogens (tertiary/aromatic N) is 4. The summed E-state index contributed by atoms with van der Waals surface area (Å²) in [5, 5.41) is 11.2. The second-order valence-electron chi connectivity index (χ2n) is 4.72. The van der Waals surface area contributed by atoms with E-state index >= 15 is 0 Å². The fourth-order valence-electron chi connectivity index (χ4n) is 2.41. The zero-order valence-electron chi connectivity index (χ0n) is 11.1. The van der Waals surface area contributed by atoms with Gasteiger partial charge in [0.25, 0.3) is 0 Å². The van der Waals surface area contributed by atoms with Crippen molar-refractivity contribution in [3.8, 4) is 0 Å². The molecule has 8 heteroatoms. The maximum Gasteiger partial charge on any atom is 0.332 e. The highest BCUT2D eigenvalue weighted by Gasteiger charge is 2.30. The molecule has 1 atom stereocenters. The molecule has 0 radical (unpaired) electrons. The average molecular weight is 266 g/mol. The number of hydrogen-bond acceptors (Lipinski definition) is 7. The molecule has 1 aromatic rings. The molecule has 2 rings (SSSR count). The molecular formula is C11H18N6O2. The minimum atomic E-state index is -0.426. The molecule has 0 bridgehead atoms. The number of hydrazine groups is 1. The van der Waals surface area contributed by atoms with E-state index in [0.717, 1.165) is 25.9 Å². The number of aryl methyl sites for hydroxylation is 1. The number of anilines is 2. The van der Waals surface area contributed by atoms with Gasteiger partial charge in [-0.1, -0.05) is 13.3 Å². The molecule has 19 heavy (non-hydrogen) atoms. The van der Waals surface area contributed by atoms with Crippen molar-refractivity contribution >= 4 is 17.5 Å². The number of nitrogens with one attached hydrogen (secondary N) is 1. The van der Waals surface area contributed by atoms with E-state index in [0.29, 0.717) is 17.4 Å². The van der Waals surface area contributed by atoms with E-state index < -0.39 is 4.92 Å². The number of rotatable bonds is 4. The summed E-state index contributed by atoms with van der Waals surface area (Å²) in [5.41, 5.74) is 2.64. The van der Waals surface area contributed by atoms with Crippen molar-refractivity contribution in [1.29, 1.82) is 0 Å². The minimum absolute atomic E-state index is 0.0317. The monoisotopic (exact) mass is 266 g/mol. The molecule has 1 aromatic heterocycles. The molecule has 1 fully saturated rings. The van der Waals surface area contributed by atoms with Gasteiger partial charge >= 0.3 is 5.69 Å². The summed E-state index contributed by atoms with van der Waals surface area (Å²) in [7, 11) is 0. The Morgan fingerprint density at radius 3 is 2.84 bits per heavy atom. The second-order valence-corrected chi connectivity index (χ2v) is 4.72. The molecule has 3 N–H and O–H groups in total. The Labute approximate surface area is 111 Å². The zero-order chi connectivity index (χ0) is 14.0. The third-order valence-corrected chi connectivity index (χ3v) is 3.51. The zero-order valence-corrected chi connectivity index (χ0v) is 11.1. The van der Waals surface area contributed by atoms with Gasteiger partial charge in [-0.25, -0.2) is 10.8 Å². The Kier molecular flexibility index (Phi) is 3.79. The van der Waals surface area contributed by atoms with Crippen molar-refractivity contribution in [3.63, 3.8) is 0 Å². The Morgan fingerprint density at radius 2 is 2.32 bits per heavy atom. The third kappa shape index (κ3) is 2.58. The van der Waals surface area contributed by atoms with Crippen LogP contribution in [0, 0.1) is 23.0 Å². The third-order valence-electron chi connectivity index (χ3n) is 3.51. The van der Waals surface area contributed by atoms with Gasteiger partial charge in [0.15, 0.2) is 0 Å². The molecule has 104 valence electrons. The summed E-state index contributed by atoms with van der Waals surface area (Å²) >= 11 is 0. The van der Waals surface area contributed by atoms with Crippen LogP contribution in [0.25, 0.3) is 0 Å². The molecule has 1 saturated heterocycles. The molecule has 0 aliphatic carbocycles. The van der Waals surface area contributed by atoms with E-state index in [9.17, 15) is 10.1 Å². The number of aromatic nitrogens is 2. The topological polar surface area (TPSA) is 110 Å². The van der Waals surface area contributed by atoms with Crippen molar-refractivity contribution < 1.29 is 4.92 Å². The van der Waals surface area contributed by atoms with Gasteiger partial charge < -0.3 is 4.90 Å². The summed E-state index contributed by atoms with van der Waals surface area (Å²) in [6, 6.07) is 0. The molecule has 0 spiro atoms.